The lowest BCUT2D eigenvalue weighted by Gasteiger charge is -2.25. The summed E-state index contributed by atoms with van der Waals surface area (Å²) in [6, 6.07) is 36.0. The summed E-state index contributed by atoms with van der Waals surface area (Å²) in [6.45, 7) is 0. The summed E-state index contributed by atoms with van der Waals surface area (Å²) in [4.78, 5) is 6.36. The average Bonchev–Trinajstić information content (AvgIpc) is 2.94. The lowest BCUT2D eigenvalue weighted by molar-refractivity contribution is -0.671. The Labute approximate surface area is 213 Å². The fourth-order valence-electron chi connectivity index (χ4n) is 3.98. The lowest BCUT2D eigenvalue weighted by Crippen LogP contribution is -2.25. The number of nitrogens with zero attached hydrogens (tertiary/aromatic N) is 3. The summed E-state index contributed by atoms with van der Waals surface area (Å²) in [5, 5.41) is 0. The molecule has 0 radical (unpaired) electrons. The molecule has 0 amide bonds. The van der Waals surface area contributed by atoms with Crippen molar-refractivity contribution in [1.29, 1.82) is 0 Å². The molecule has 0 bridgehead atoms. The highest BCUT2D eigenvalue weighted by atomic mass is 15.1. The van der Waals surface area contributed by atoms with E-state index in [4.69, 9.17) is 0 Å². The van der Waals surface area contributed by atoms with E-state index < -0.39 is 0 Å². The van der Waals surface area contributed by atoms with Gasteiger partial charge in [0.05, 0.1) is 0 Å². The molecule has 0 aliphatic rings. The van der Waals surface area contributed by atoms with Crippen LogP contribution in [0, 0.1) is 0 Å². The Morgan fingerprint density at radius 2 is 0.917 bits per heavy atom. The maximum absolute atomic E-state index is 4.08. The minimum absolute atomic E-state index is 1.11. The Morgan fingerprint density at radius 1 is 0.500 bits per heavy atom. The van der Waals surface area contributed by atoms with E-state index in [1.165, 1.54) is 5.56 Å². The molecule has 0 unspecified atom stereocenters. The van der Waals surface area contributed by atoms with Gasteiger partial charge in [0.2, 0.25) is 0 Å². The van der Waals surface area contributed by atoms with E-state index in [1.807, 2.05) is 42.2 Å². The Kier molecular flexibility index (Phi) is 7.10. The number of hydrogen-bond acceptors (Lipinski definition) is 2. The monoisotopic (exact) mass is 466 g/mol. The third-order valence-corrected chi connectivity index (χ3v) is 5.96. The van der Waals surface area contributed by atoms with Gasteiger partial charge >= 0.3 is 0 Å². The first-order valence-corrected chi connectivity index (χ1v) is 12.0. The zero-order chi connectivity index (χ0) is 24.6. The highest BCUT2D eigenvalue weighted by Crippen LogP contribution is 2.34. The highest BCUT2D eigenvalue weighted by molar-refractivity contribution is 5.79. The molecule has 0 aliphatic heterocycles. The second-order valence-corrected chi connectivity index (χ2v) is 8.60. The Morgan fingerprint density at radius 3 is 1.42 bits per heavy atom. The normalized spacial score (nSPS) is 11.2. The molecule has 0 fully saturated rings. The highest BCUT2D eigenvalue weighted by Gasteiger charge is 2.11. The van der Waals surface area contributed by atoms with Crippen molar-refractivity contribution >= 4 is 41.4 Å². The van der Waals surface area contributed by atoms with Gasteiger partial charge in [-0.25, -0.2) is 4.57 Å². The van der Waals surface area contributed by atoms with Crippen molar-refractivity contribution in [3.05, 3.63) is 150 Å². The van der Waals surface area contributed by atoms with Gasteiger partial charge in [-0.15, -0.1) is 0 Å². The van der Waals surface area contributed by atoms with Crippen LogP contribution in [0.3, 0.4) is 0 Å². The molecule has 0 saturated carbocycles. The Balaban J connectivity index is 1.39. The molecule has 5 rings (SSSR count). The number of aryl methyl sites for hydroxylation is 1. The van der Waals surface area contributed by atoms with Crippen LogP contribution in [-0.4, -0.2) is 4.98 Å². The van der Waals surface area contributed by atoms with E-state index in [1.54, 1.807) is 0 Å². The average molecular weight is 467 g/mol. The summed E-state index contributed by atoms with van der Waals surface area (Å²) < 4.78 is 2.04. The number of aromatic nitrogens is 2. The van der Waals surface area contributed by atoms with Crippen LogP contribution in [0.15, 0.2) is 128 Å². The van der Waals surface area contributed by atoms with Gasteiger partial charge < -0.3 is 4.90 Å². The molecule has 0 atom stereocenters. The van der Waals surface area contributed by atoms with E-state index in [0.717, 1.165) is 33.8 Å². The predicted octanol–water partition coefficient (Wildman–Crippen LogP) is 7.72. The van der Waals surface area contributed by atoms with Crippen LogP contribution < -0.4 is 9.47 Å². The van der Waals surface area contributed by atoms with Crippen LogP contribution in [0.5, 0.6) is 0 Å². The van der Waals surface area contributed by atoms with Crippen molar-refractivity contribution in [3.8, 4) is 0 Å². The molecule has 0 N–H and O–H groups in total. The predicted molar refractivity (Wildman–Crippen MR) is 151 cm³/mol. The lowest BCUT2D eigenvalue weighted by atomic mass is 10.1. The standard InChI is InChI=1S/C33H28N3/c1-35-25-21-30(22-26-35)10-8-28-13-17-33(18-14-28)36(31-5-3-2-4-6-31)32-15-11-27(12-16-32)7-9-29-19-23-34-24-20-29/h2-26H,1H3/q+1/b9-7+. The SMILES string of the molecule is C[n+]1ccc(/C=C/c2ccc(N(c3ccccc3)c3ccc(/C=C/c4ccncc4)cc3)cc2)cc1. The number of hydrogen-bond donors (Lipinski definition) is 0. The quantitative estimate of drug-likeness (QED) is 0.229. The van der Waals surface area contributed by atoms with Crippen molar-refractivity contribution in [2.24, 2.45) is 7.05 Å². The van der Waals surface area contributed by atoms with Gasteiger partial charge in [0.1, 0.15) is 7.05 Å². The van der Waals surface area contributed by atoms with Gasteiger partial charge in [0.25, 0.3) is 0 Å². The van der Waals surface area contributed by atoms with Gasteiger partial charge in [-0.1, -0.05) is 66.8 Å². The van der Waals surface area contributed by atoms with Crippen LogP contribution >= 0.6 is 0 Å². The minimum Gasteiger partial charge on any atom is -0.311 e. The molecule has 2 heterocycles. The fourth-order valence-corrected chi connectivity index (χ4v) is 3.98. The third-order valence-electron chi connectivity index (χ3n) is 5.96. The van der Waals surface area contributed by atoms with Crippen LogP contribution in [0.1, 0.15) is 22.3 Å². The van der Waals surface area contributed by atoms with Gasteiger partial charge in [-0.2, -0.15) is 0 Å². The minimum atomic E-state index is 1.11. The Hall–Kier alpha value is -4.76. The van der Waals surface area contributed by atoms with Crippen LogP contribution in [0.25, 0.3) is 24.3 Å². The second kappa shape index (κ2) is 11.1. The Bertz CT molecular complexity index is 1440. The summed E-state index contributed by atoms with van der Waals surface area (Å²) in [6.07, 6.45) is 16.2. The molecule has 0 aliphatic carbocycles. The molecule has 2 aromatic heterocycles. The van der Waals surface area contributed by atoms with Crippen LogP contribution in [0.2, 0.25) is 0 Å². The molecule has 3 nitrogen and oxygen atoms in total. The summed E-state index contributed by atoms with van der Waals surface area (Å²) in [5.41, 5.74) is 7.98. The number of benzene rings is 3. The number of para-hydroxylation sites is 1. The van der Waals surface area contributed by atoms with Crippen molar-refractivity contribution in [2.75, 3.05) is 4.90 Å². The fraction of sp³-hybridized carbons (Fsp3) is 0.0303. The van der Waals surface area contributed by atoms with Crippen molar-refractivity contribution in [2.45, 2.75) is 0 Å². The first-order valence-electron chi connectivity index (χ1n) is 12.0. The van der Waals surface area contributed by atoms with Crippen LogP contribution in [0.4, 0.5) is 17.1 Å². The summed E-state index contributed by atoms with van der Waals surface area (Å²) in [7, 11) is 2.03. The molecular formula is C33H28N3+. The van der Waals surface area contributed by atoms with Gasteiger partial charge in [0, 0.05) is 41.6 Å². The maximum Gasteiger partial charge on any atom is 0.169 e. The molecular weight excluding hydrogens is 438 g/mol. The van der Waals surface area contributed by atoms with Gasteiger partial charge in [0.15, 0.2) is 12.4 Å². The smallest absolute Gasteiger partial charge is 0.169 e. The summed E-state index contributed by atoms with van der Waals surface area (Å²) in [5.74, 6) is 0. The van der Waals surface area contributed by atoms with E-state index in [-0.39, 0.29) is 0 Å². The zero-order valence-corrected chi connectivity index (χ0v) is 20.3. The number of rotatable bonds is 7. The maximum atomic E-state index is 4.08. The first kappa shape index (κ1) is 23.0. The molecule has 36 heavy (non-hydrogen) atoms. The number of pyridine rings is 2. The van der Waals surface area contributed by atoms with Crippen molar-refractivity contribution in [3.63, 3.8) is 0 Å². The topological polar surface area (TPSA) is 20.0 Å². The van der Waals surface area contributed by atoms with E-state index in [9.17, 15) is 0 Å². The molecule has 3 heteroatoms. The molecule has 0 saturated heterocycles. The van der Waals surface area contributed by atoms with E-state index in [0.29, 0.717) is 0 Å². The second-order valence-electron chi connectivity index (χ2n) is 8.60. The van der Waals surface area contributed by atoms with Crippen molar-refractivity contribution < 1.29 is 4.57 Å². The van der Waals surface area contributed by atoms with Crippen molar-refractivity contribution in [1.82, 2.24) is 4.98 Å². The third kappa shape index (κ3) is 5.83. The molecule has 174 valence electrons. The molecule has 0 spiro atoms. The van der Waals surface area contributed by atoms with Crippen LogP contribution in [-0.2, 0) is 7.05 Å². The van der Waals surface area contributed by atoms with Gasteiger partial charge in [-0.05, 0) is 70.8 Å². The van der Waals surface area contributed by atoms with Gasteiger partial charge in [-0.3, -0.25) is 4.98 Å². The molecule has 5 aromatic rings. The molecule has 3 aromatic carbocycles. The largest absolute Gasteiger partial charge is 0.311 e. The zero-order valence-electron chi connectivity index (χ0n) is 20.3. The van der Waals surface area contributed by atoms with E-state index >= 15 is 0 Å². The van der Waals surface area contributed by atoms with E-state index in [2.05, 4.69) is 132 Å². The first-order chi connectivity index (χ1) is 17.7. The summed E-state index contributed by atoms with van der Waals surface area (Å²) >= 11 is 0. The number of anilines is 3.